The topological polar surface area (TPSA) is 38.0 Å². The monoisotopic (exact) mass is 270 g/mol. The van der Waals surface area contributed by atoms with Crippen molar-refractivity contribution in [3.63, 3.8) is 0 Å². The van der Waals surface area contributed by atoms with E-state index < -0.39 is 29.0 Å². The zero-order valence-corrected chi connectivity index (χ0v) is 9.90. The van der Waals surface area contributed by atoms with Crippen LogP contribution in [0.1, 0.15) is 5.56 Å². The lowest BCUT2D eigenvalue weighted by Crippen LogP contribution is -2.03. The molecule has 0 spiro atoms. The fraction of sp³-hybridized carbons (Fsp3) is 0.0769. The Morgan fingerprint density at radius 3 is 2.05 bits per heavy atom. The Morgan fingerprint density at radius 1 is 0.947 bits per heavy atom. The zero-order chi connectivity index (χ0) is 14.2. The lowest BCUT2D eigenvalue weighted by molar-refractivity contribution is 0.459. The van der Waals surface area contributed by atoms with Gasteiger partial charge in [-0.1, -0.05) is 0 Å². The molecule has 2 nitrogen and oxygen atoms in total. The van der Waals surface area contributed by atoms with Gasteiger partial charge in [-0.2, -0.15) is 0 Å². The molecule has 0 atom stereocenters. The van der Waals surface area contributed by atoms with E-state index in [0.29, 0.717) is 11.3 Å². The van der Waals surface area contributed by atoms with E-state index in [9.17, 15) is 17.6 Å². The largest absolute Gasteiger partial charge is 0.399 e. The molecule has 6 heteroatoms. The van der Waals surface area contributed by atoms with Crippen molar-refractivity contribution in [2.45, 2.75) is 6.92 Å². The Balaban J connectivity index is 2.46. The lowest BCUT2D eigenvalue weighted by atomic mass is 10.1. The van der Waals surface area contributed by atoms with E-state index in [-0.39, 0.29) is 11.8 Å². The van der Waals surface area contributed by atoms with Crippen molar-refractivity contribution >= 4 is 17.1 Å². The summed E-state index contributed by atoms with van der Waals surface area (Å²) in [6.45, 7) is 1.69. The molecular formula is C13H10F4N2. The van der Waals surface area contributed by atoms with Gasteiger partial charge < -0.3 is 11.1 Å². The summed E-state index contributed by atoms with van der Waals surface area (Å²) in [5.74, 6) is -5.89. The molecule has 0 saturated carbocycles. The maximum Gasteiger partial charge on any atom is 0.185 e. The highest BCUT2D eigenvalue weighted by Crippen LogP contribution is 2.28. The number of nitrogens with two attached hydrogens (primary N) is 1. The number of anilines is 3. The number of halogens is 4. The Morgan fingerprint density at radius 2 is 1.53 bits per heavy atom. The minimum Gasteiger partial charge on any atom is -0.399 e. The molecule has 0 aliphatic rings. The fourth-order valence-corrected chi connectivity index (χ4v) is 1.58. The highest BCUT2D eigenvalue weighted by Gasteiger charge is 2.19. The van der Waals surface area contributed by atoms with Gasteiger partial charge in [-0.25, -0.2) is 17.6 Å². The van der Waals surface area contributed by atoms with Gasteiger partial charge in [0.2, 0.25) is 0 Å². The second kappa shape index (κ2) is 4.79. The maximum absolute atomic E-state index is 13.4. The van der Waals surface area contributed by atoms with Gasteiger partial charge in [0.05, 0.1) is 0 Å². The molecule has 19 heavy (non-hydrogen) atoms. The van der Waals surface area contributed by atoms with Gasteiger partial charge >= 0.3 is 0 Å². The number of hydrogen-bond donors (Lipinski definition) is 2. The molecule has 0 aliphatic heterocycles. The van der Waals surface area contributed by atoms with Crippen LogP contribution in [0.5, 0.6) is 0 Å². The molecule has 2 aromatic carbocycles. The molecule has 0 bridgehead atoms. The quantitative estimate of drug-likeness (QED) is 0.494. The van der Waals surface area contributed by atoms with E-state index in [1.807, 2.05) is 0 Å². The summed E-state index contributed by atoms with van der Waals surface area (Å²) in [4.78, 5) is 0. The zero-order valence-electron chi connectivity index (χ0n) is 9.90. The second-order valence-electron chi connectivity index (χ2n) is 4.04. The van der Waals surface area contributed by atoms with Gasteiger partial charge in [-0.15, -0.1) is 0 Å². The molecule has 2 aromatic rings. The number of nitrogens with one attached hydrogen (secondary N) is 1. The Hall–Kier alpha value is -2.24. The van der Waals surface area contributed by atoms with Crippen LogP contribution in [0.15, 0.2) is 24.3 Å². The van der Waals surface area contributed by atoms with Gasteiger partial charge in [-0.3, -0.25) is 0 Å². The third-order valence-corrected chi connectivity index (χ3v) is 2.65. The predicted molar refractivity (Wildman–Crippen MR) is 65.1 cm³/mol. The Labute approximate surface area is 106 Å². The SMILES string of the molecule is Cc1cc(Nc2c(F)c(F)cc(F)c2F)ccc1N. The van der Waals surface area contributed by atoms with Crippen LogP contribution in [0.4, 0.5) is 34.6 Å². The van der Waals surface area contributed by atoms with Crippen LogP contribution in [-0.2, 0) is 0 Å². The van der Waals surface area contributed by atoms with Crippen LogP contribution in [0, 0.1) is 30.2 Å². The number of nitrogen functional groups attached to an aromatic ring is 1. The first-order valence-corrected chi connectivity index (χ1v) is 5.36. The standard InChI is InChI=1S/C13H10F4N2/c1-6-4-7(2-3-10(6)18)19-13-11(16)8(14)5-9(15)12(13)17/h2-5,19H,18H2,1H3. The van der Waals surface area contributed by atoms with E-state index in [1.165, 1.54) is 18.2 Å². The summed E-state index contributed by atoms with van der Waals surface area (Å²) in [5.41, 5.74) is 6.16. The van der Waals surface area contributed by atoms with E-state index in [4.69, 9.17) is 5.73 Å². The molecule has 0 saturated heterocycles. The molecule has 0 heterocycles. The molecule has 0 radical (unpaired) electrons. The van der Waals surface area contributed by atoms with Crippen LogP contribution in [0.2, 0.25) is 0 Å². The van der Waals surface area contributed by atoms with Crippen molar-refractivity contribution in [1.29, 1.82) is 0 Å². The highest BCUT2D eigenvalue weighted by atomic mass is 19.2. The van der Waals surface area contributed by atoms with Gasteiger partial charge in [0.25, 0.3) is 0 Å². The number of rotatable bonds is 2. The van der Waals surface area contributed by atoms with Crippen LogP contribution in [-0.4, -0.2) is 0 Å². The molecule has 0 aliphatic carbocycles. The third-order valence-electron chi connectivity index (χ3n) is 2.65. The minimum absolute atomic E-state index is 0.157. The Bertz CT molecular complexity index is 615. The highest BCUT2D eigenvalue weighted by molar-refractivity contribution is 5.65. The molecule has 0 fully saturated rings. The third kappa shape index (κ3) is 2.47. The average molecular weight is 270 g/mol. The maximum atomic E-state index is 13.4. The van der Waals surface area contributed by atoms with Crippen molar-refractivity contribution < 1.29 is 17.6 Å². The molecule has 2 rings (SSSR count). The minimum atomic E-state index is -1.48. The van der Waals surface area contributed by atoms with E-state index in [1.54, 1.807) is 6.92 Å². The van der Waals surface area contributed by atoms with E-state index in [0.717, 1.165) is 0 Å². The molecule has 0 amide bonds. The van der Waals surface area contributed by atoms with Crippen LogP contribution in [0.25, 0.3) is 0 Å². The molecule has 3 N–H and O–H groups in total. The summed E-state index contributed by atoms with van der Waals surface area (Å²) < 4.78 is 52.9. The fourth-order valence-electron chi connectivity index (χ4n) is 1.58. The summed E-state index contributed by atoms with van der Waals surface area (Å²) in [5, 5.41) is 2.30. The van der Waals surface area contributed by atoms with Crippen molar-refractivity contribution in [3.05, 3.63) is 53.1 Å². The van der Waals surface area contributed by atoms with Crippen LogP contribution < -0.4 is 11.1 Å². The number of hydrogen-bond acceptors (Lipinski definition) is 2. The second-order valence-corrected chi connectivity index (χ2v) is 4.04. The van der Waals surface area contributed by atoms with E-state index in [2.05, 4.69) is 5.32 Å². The molecular weight excluding hydrogens is 260 g/mol. The number of aryl methyl sites for hydroxylation is 1. The first-order chi connectivity index (χ1) is 8.90. The van der Waals surface area contributed by atoms with Crippen molar-refractivity contribution in [3.8, 4) is 0 Å². The normalized spacial score (nSPS) is 10.6. The van der Waals surface area contributed by atoms with Gasteiger partial charge in [0.1, 0.15) is 5.69 Å². The predicted octanol–water partition coefficient (Wildman–Crippen LogP) is 3.88. The summed E-state index contributed by atoms with van der Waals surface area (Å²) in [7, 11) is 0. The van der Waals surface area contributed by atoms with Gasteiger partial charge in [-0.05, 0) is 30.7 Å². The van der Waals surface area contributed by atoms with Gasteiger partial charge in [0.15, 0.2) is 23.3 Å². The first-order valence-electron chi connectivity index (χ1n) is 5.36. The van der Waals surface area contributed by atoms with E-state index >= 15 is 0 Å². The summed E-state index contributed by atoms with van der Waals surface area (Å²) in [6, 6.07) is 4.63. The van der Waals surface area contributed by atoms with Crippen LogP contribution >= 0.6 is 0 Å². The Kier molecular flexibility index (Phi) is 3.33. The first kappa shape index (κ1) is 13.2. The summed E-state index contributed by atoms with van der Waals surface area (Å²) in [6.07, 6.45) is 0. The smallest absolute Gasteiger partial charge is 0.185 e. The van der Waals surface area contributed by atoms with Gasteiger partial charge in [0, 0.05) is 17.4 Å². The lowest BCUT2D eigenvalue weighted by Gasteiger charge is -2.11. The van der Waals surface area contributed by atoms with Crippen molar-refractivity contribution in [2.75, 3.05) is 11.1 Å². The molecule has 100 valence electrons. The molecule has 0 unspecified atom stereocenters. The van der Waals surface area contributed by atoms with Crippen LogP contribution in [0.3, 0.4) is 0 Å². The number of benzene rings is 2. The van der Waals surface area contributed by atoms with Crippen molar-refractivity contribution in [2.24, 2.45) is 0 Å². The average Bonchev–Trinajstić information content (AvgIpc) is 2.36. The molecule has 0 aromatic heterocycles. The van der Waals surface area contributed by atoms with Crippen molar-refractivity contribution in [1.82, 2.24) is 0 Å². The summed E-state index contributed by atoms with van der Waals surface area (Å²) >= 11 is 0.